The number of anilines is 1. The van der Waals surface area contributed by atoms with Crippen molar-refractivity contribution in [1.29, 1.82) is 0 Å². The van der Waals surface area contributed by atoms with E-state index in [1.54, 1.807) is 17.5 Å². The average molecular weight is 328 g/mol. The standard InChI is InChI=1S/C11H10BrN3O2S/c12-9-6-13-7-10(15(16)17)11(9)14-4-3-8-2-1-5-18-8/h1-2,5-7H,3-4H2,(H,13,14). The molecule has 18 heavy (non-hydrogen) atoms. The number of pyridine rings is 1. The predicted octanol–water partition coefficient (Wildman–Crippen LogP) is 3.47. The maximum atomic E-state index is 10.9. The van der Waals surface area contributed by atoms with Crippen molar-refractivity contribution in [3.8, 4) is 0 Å². The molecule has 2 aromatic rings. The van der Waals surface area contributed by atoms with E-state index in [1.165, 1.54) is 11.1 Å². The Morgan fingerprint density at radius 1 is 1.50 bits per heavy atom. The van der Waals surface area contributed by atoms with E-state index in [0.29, 0.717) is 16.7 Å². The number of thiophene rings is 1. The molecule has 2 rings (SSSR count). The van der Waals surface area contributed by atoms with Gasteiger partial charge in [-0.25, -0.2) is 0 Å². The van der Waals surface area contributed by atoms with Crippen molar-refractivity contribution in [2.45, 2.75) is 6.42 Å². The summed E-state index contributed by atoms with van der Waals surface area (Å²) in [4.78, 5) is 15.5. The van der Waals surface area contributed by atoms with E-state index < -0.39 is 4.92 Å². The maximum absolute atomic E-state index is 10.9. The minimum Gasteiger partial charge on any atom is -0.378 e. The molecular formula is C11H10BrN3O2S. The molecule has 0 unspecified atom stereocenters. The molecular weight excluding hydrogens is 318 g/mol. The molecule has 0 radical (unpaired) electrons. The van der Waals surface area contributed by atoms with Crippen molar-refractivity contribution in [3.63, 3.8) is 0 Å². The summed E-state index contributed by atoms with van der Waals surface area (Å²) < 4.78 is 0.600. The number of hydrogen-bond donors (Lipinski definition) is 1. The van der Waals surface area contributed by atoms with Gasteiger partial charge >= 0.3 is 5.69 Å². The molecule has 0 bridgehead atoms. The van der Waals surface area contributed by atoms with E-state index in [1.807, 2.05) is 17.5 Å². The highest BCUT2D eigenvalue weighted by Crippen LogP contribution is 2.30. The van der Waals surface area contributed by atoms with Crippen LogP contribution < -0.4 is 5.32 Å². The second kappa shape index (κ2) is 5.92. The van der Waals surface area contributed by atoms with Crippen LogP contribution in [0.15, 0.2) is 34.4 Å². The van der Waals surface area contributed by atoms with Gasteiger partial charge in [0.05, 0.1) is 9.40 Å². The lowest BCUT2D eigenvalue weighted by molar-refractivity contribution is -0.384. The van der Waals surface area contributed by atoms with Gasteiger partial charge in [0.15, 0.2) is 0 Å². The first-order valence-electron chi connectivity index (χ1n) is 5.22. The number of nitrogens with zero attached hydrogens (tertiary/aromatic N) is 2. The van der Waals surface area contributed by atoms with Crippen molar-refractivity contribution in [3.05, 3.63) is 49.4 Å². The molecule has 0 saturated carbocycles. The number of aromatic nitrogens is 1. The Bertz CT molecular complexity index is 545. The highest BCUT2D eigenvalue weighted by Gasteiger charge is 2.16. The Morgan fingerprint density at radius 2 is 2.33 bits per heavy atom. The second-order valence-electron chi connectivity index (χ2n) is 3.53. The van der Waals surface area contributed by atoms with E-state index in [0.717, 1.165) is 6.42 Å². The quantitative estimate of drug-likeness (QED) is 0.674. The third-order valence-corrected chi connectivity index (χ3v) is 3.87. The maximum Gasteiger partial charge on any atom is 0.311 e. The van der Waals surface area contributed by atoms with Crippen LogP contribution in [0.1, 0.15) is 4.88 Å². The fourth-order valence-corrected chi connectivity index (χ4v) is 2.67. The Labute approximate surface area is 116 Å². The van der Waals surface area contributed by atoms with Crippen LogP contribution in [0.4, 0.5) is 11.4 Å². The number of nitrogens with one attached hydrogen (secondary N) is 1. The van der Waals surface area contributed by atoms with Crippen molar-refractivity contribution >= 4 is 38.6 Å². The molecule has 0 aliphatic rings. The van der Waals surface area contributed by atoms with E-state index >= 15 is 0 Å². The first-order chi connectivity index (χ1) is 8.68. The molecule has 1 N–H and O–H groups in total. The van der Waals surface area contributed by atoms with Crippen molar-refractivity contribution in [2.75, 3.05) is 11.9 Å². The minimum absolute atomic E-state index is 0.0180. The third-order valence-electron chi connectivity index (χ3n) is 2.33. The van der Waals surface area contributed by atoms with Crippen LogP contribution in [-0.2, 0) is 6.42 Å². The van der Waals surface area contributed by atoms with E-state index in [2.05, 4.69) is 26.2 Å². The fraction of sp³-hybridized carbons (Fsp3) is 0.182. The fourth-order valence-electron chi connectivity index (χ4n) is 1.50. The molecule has 5 nitrogen and oxygen atoms in total. The lowest BCUT2D eigenvalue weighted by Gasteiger charge is -2.07. The molecule has 2 aromatic heterocycles. The summed E-state index contributed by atoms with van der Waals surface area (Å²) in [6.45, 7) is 0.643. The molecule has 0 aliphatic carbocycles. The van der Waals surface area contributed by atoms with E-state index in [9.17, 15) is 10.1 Å². The van der Waals surface area contributed by atoms with Gasteiger partial charge in [-0.05, 0) is 33.8 Å². The molecule has 0 amide bonds. The summed E-state index contributed by atoms with van der Waals surface area (Å²) in [6.07, 6.45) is 3.63. The summed E-state index contributed by atoms with van der Waals surface area (Å²) in [7, 11) is 0. The zero-order valence-electron chi connectivity index (χ0n) is 9.30. The second-order valence-corrected chi connectivity index (χ2v) is 5.42. The molecule has 0 saturated heterocycles. The summed E-state index contributed by atoms with van der Waals surface area (Å²) in [5, 5.41) is 16.0. The van der Waals surface area contributed by atoms with Crippen LogP contribution in [0.3, 0.4) is 0 Å². The highest BCUT2D eigenvalue weighted by atomic mass is 79.9. The number of nitro groups is 1. The van der Waals surface area contributed by atoms with Gasteiger partial charge in [0, 0.05) is 17.6 Å². The monoisotopic (exact) mass is 327 g/mol. The van der Waals surface area contributed by atoms with Gasteiger partial charge in [-0.1, -0.05) is 6.07 Å². The smallest absolute Gasteiger partial charge is 0.311 e. The molecule has 7 heteroatoms. The summed E-state index contributed by atoms with van der Waals surface area (Å²) >= 11 is 4.94. The van der Waals surface area contributed by atoms with E-state index in [-0.39, 0.29) is 5.69 Å². The largest absolute Gasteiger partial charge is 0.378 e. The van der Waals surface area contributed by atoms with Gasteiger partial charge in [-0.15, -0.1) is 11.3 Å². The van der Waals surface area contributed by atoms with E-state index in [4.69, 9.17) is 0 Å². The zero-order valence-corrected chi connectivity index (χ0v) is 11.7. The first-order valence-corrected chi connectivity index (χ1v) is 6.90. The van der Waals surface area contributed by atoms with Crippen LogP contribution in [0.25, 0.3) is 0 Å². The molecule has 94 valence electrons. The van der Waals surface area contributed by atoms with Crippen molar-refractivity contribution in [1.82, 2.24) is 4.98 Å². The van der Waals surface area contributed by atoms with Gasteiger partial charge in [0.1, 0.15) is 11.9 Å². The summed E-state index contributed by atoms with van der Waals surface area (Å²) in [5.41, 5.74) is 0.460. The Morgan fingerprint density at radius 3 is 3.00 bits per heavy atom. The topological polar surface area (TPSA) is 68.1 Å². The van der Waals surface area contributed by atoms with Crippen LogP contribution in [0.2, 0.25) is 0 Å². The van der Waals surface area contributed by atoms with Gasteiger partial charge in [0.25, 0.3) is 0 Å². The van der Waals surface area contributed by atoms with Gasteiger partial charge in [0.2, 0.25) is 0 Å². The summed E-state index contributed by atoms with van der Waals surface area (Å²) in [6, 6.07) is 4.03. The lowest BCUT2D eigenvalue weighted by Crippen LogP contribution is -2.07. The molecule has 0 spiro atoms. The number of hydrogen-bond acceptors (Lipinski definition) is 5. The molecule has 0 aliphatic heterocycles. The molecule has 0 atom stereocenters. The average Bonchev–Trinajstić information content (AvgIpc) is 2.84. The van der Waals surface area contributed by atoms with Gasteiger partial charge in [-0.2, -0.15) is 0 Å². The Hall–Kier alpha value is -1.47. The van der Waals surface area contributed by atoms with Gasteiger partial charge in [-0.3, -0.25) is 15.1 Å². The van der Waals surface area contributed by atoms with Crippen LogP contribution in [-0.4, -0.2) is 16.5 Å². The predicted molar refractivity (Wildman–Crippen MR) is 75.1 cm³/mol. The lowest BCUT2D eigenvalue weighted by atomic mass is 10.3. The van der Waals surface area contributed by atoms with Crippen molar-refractivity contribution in [2.24, 2.45) is 0 Å². The van der Waals surface area contributed by atoms with Crippen molar-refractivity contribution < 1.29 is 4.92 Å². The number of halogens is 1. The van der Waals surface area contributed by atoms with Crippen LogP contribution in [0.5, 0.6) is 0 Å². The Kier molecular flexibility index (Phi) is 4.27. The normalized spacial score (nSPS) is 10.3. The number of rotatable bonds is 5. The molecule has 2 heterocycles. The van der Waals surface area contributed by atoms with Crippen LogP contribution >= 0.6 is 27.3 Å². The molecule has 0 fully saturated rings. The SMILES string of the molecule is O=[N+]([O-])c1cncc(Br)c1NCCc1cccs1. The summed E-state index contributed by atoms with van der Waals surface area (Å²) in [5.74, 6) is 0. The zero-order chi connectivity index (χ0) is 13.0. The minimum atomic E-state index is -0.439. The van der Waals surface area contributed by atoms with Crippen LogP contribution in [0, 0.1) is 10.1 Å². The molecule has 0 aromatic carbocycles. The Balaban J connectivity index is 2.06. The third kappa shape index (κ3) is 3.05. The first kappa shape index (κ1) is 13.0. The van der Waals surface area contributed by atoms with Gasteiger partial charge < -0.3 is 5.32 Å². The highest BCUT2D eigenvalue weighted by molar-refractivity contribution is 9.10.